The first-order valence-electron chi connectivity index (χ1n) is 4.78. The molecule has 0 spiro atoms. The number of halogens is 2. The molecule has 0 amide bonds. The molecular formula is C9H20Cl2N2. The summed E-state index contributed by atoms with van der Waals surface area (Å²) in [4.78, 5) is 2.47. The first-order valence-corrected chi connectivity index (χ1v) is 4.78. The summed E-state index contributed by atoms with van der Waals surface area (Å²) in [5.41, 5.74) is 0. The Kier molecular flexibility index (Phi) is 6.31. The summed E-state index contributed by atoms with van der Waals surface area (Å²) in [7, 11) is 2.24. The lowest BCUT2D eigenvalue weighted by atomic mass is 9.86. The largest absolute Gasteiger partial charge is 0.314 e. The van der Waals surface area contributed by atoms with E-state index in [2.05, 4.69) is 17.3 Å². The number of rotatable bonds is 0. The third-order valence-electron chi connectivity index (χ3n) is 3.10. The minimum absolute atomic E-state index is 0. The summed E-state index contributed by atoms with van der Waals surface area (Å²) < 4.78 is 0. The molecule has 0 unspecified atom stereocenters. The highest BCUT2D eigenvalue weighted by molar-refractivity contribution is 5.85. The predicted molar refractivity (Wildman–Crippen MR) is 61.1 cm³/mol. The van der Waals surface area contributed by atoms with Crippen LogP contribution in [0.25, 0.3) is 0 Å². The van der Waals surface area contributed by atoms with E-state index in [1.807, 2.05) is 0 Å². The van der Waals surface area contributed by atoms with Crippen LogP contribution in [-0.2, 0) is 0 Å². The number of nitrogens with zero attached hydrogens (tertiary/aromatic N) is 1. The van der Waals surface area contributed by atoms with Gasteiger partial charge in [0, 0.05) is 12.6 Å². The van der Waals surface area contributed by atoms with Crippen molar-refractivity contribution in [1.29, 1.82) is 0 Å². The van der Waals surface area contributed by atoms with Crippen LogP contribution in [0.2, 0.25) is 0 Å². The first kappa shape index (κ1) is 13.5. The normalized spacial score (nSPS) is 33.9. The molecule has 2 nitrogen and oxygen atoms in total. The lowest BCUT2D eigenvalue weighted by Gasteiger charge is -2.40. The molecule has 2 atom stereocenters. The molecule has 2 heterocycles. The summed E-state index contributed by atoms with van der Waals surface area (Å²) in [5, 5.41) is 3.61. The maximum Gasteiger partial charge on any atom is 0.0120 e. The first-order chi connectivity index (χ1) is 5.36. The van der Waals surface area contributed by atoms with E-state index >= 15 is 0 Å². The topological polar surface area (TPSA) is 15.3 Å². The van der Waals surface area contributed by atoms with Crippen molar-refractivity contribution in [2.24, 2.45) is 5.92 Å². The number of piperidine rings is 2. The minimum atomic E-state index is 0. The van der Waals surface area contributed by atoms with Gasteiger partial charge in [0.2, 0.25) is 0 Å². The van der Waals surface area contributed by atoms with Crippen molar-refractivity contribution < 1.29 is 0 Å². The van der Waals surface area contributed by atoms with Crippen LogP contribution < -0.4 is 5.32 Å². The Labute approximate surface area is 93.3 Å². The molecule has 2 aliphatic heterocycles. The average Bonchev–Trinajstić information content (AvgIpc) is 2.04. The van der Waals surface area contributed by atoms with Crippen LogP contribution in [0.4, 0.5) is 0 Å². The van der Waals surface area contributed by atoms with Crippen LogP contribution in [0.1, 0.15) is 19.3 Å². The minimum Gasteiger partial charge on any atom is -0.314 e. The van der Waals surface area contributed by atoms with E-state index in [9.17, 15) is 0 Å². The van der Waals surface area contributed by atoms with E-state index in [0.717, 1.165) is 12.0 Å². The molecule has 1 N–H and O–H groups in total. The summed E-state index contributed by atoms with van der Waals surface area (Å²) in [6.07, 6.45) is 4.19. The van der Waals surface area contributed by atoms with Gasteiger partial charge in [-0.15, -0.1) is 24.8 Å². The van der Waals surface area contributed by atoms with E-state index in [-0.39, 0.29) is 24.8 Å². The molecule has 2 aliphatic rings. The van der Waals surface area contributed by atoms with Crippen molar-refractivity contribution in [3.63, 3.8) is 0 Å². The van der Waals surface area contributed by atoms with E-state index in [1.54, 1.807) is 0 Å². The third kappa shape index (κ3) is 3.28. The molecule has 0 aliphatic carbocycles. The fourth-order valence-corrected chi connectivity index (χ4v) is 2.43. The van der Waals surface area contributed by atoms with Crippen molar-refractivity contribution in [3.05, 3.63) is 0 Å². The van der Waals surface area contributed by atoms with Crippen molar-refractivity contribution in [2.75, 3.05) is 26.7 Å². The molecule has 2 rings (SSSR count). The van der Waals surface area contributed by atoms with Gasteiger partial charge in [0.15, 0.2) is 0 Å². The van der Waals surface area contributed by atoms with E-state index in [4.69, 9.17) is 0 Å². The Morgan fingerprint density at radius 1 is 1.23 bits per heavy atom. The van der Waals surface area contributed by atoms with Gasteiger partial charge in [0.25, 0.3) is 0 Å². The number of likely N-dealkylation sites (tertiary alicyclic amines) is 1. The maximum atomic E-state index is 3.61. The SMILES string of the molecule is CN1CC[C@@H]2NCCC[C@H]2C1.Cl.Cl. The second kappa shape index (κ2) is 6.07. The van der Waals surface area contributed by atoms with Gasteiger partial charge in [-0.1, -0.05) is 0 Å². The highest BCUT2D eigenvalue weighted by Gasteiger charge is 2.28. The number of hydrogen-bond donors (Lipinski definition) is 1. The summed E-state index contributed by atoms with van der Waals surface area (Å²) in [6, 6.07) is 0.847. The summed E-state index contributed by atoms with van der Waals surface area (Å²) in [5.74, 6) is 0.947. The van der Waals surface area contributed by atoms with Gasteiger partial charge < -0.3 is 10.2 Å². The van der Waals surface area contributed by atoms with Crippen molar-refractivity contribution in [2.45, 2.75) is 25.3 Å². The Morgan fingerprint density at radius 3 is 2.77 bits per heavy atom. The second-order valence-electron chi connectivity index (χ2n) is 4.01. The fraction of sp³-hybridized carbons (Fsp3) is 1.00. The Morgan fingerprint density at radius 2 is 2.00 bits per heavy atom. The molecule has 13 heavy (non-hydrogen) atoms. The van der Waals surface area contributed by atoms with Crippen molar-refractivity contribution in [1.82, 2.24) is 10.2 Å². The Hall–Kier alpha value is 0.500. The Bertz CT molecular complexity index is 144. The van der Waals surface area contributed by atoms with Gasteiger partial charge in [-0.25, -0.2) is 0 Å². The lowest BCUT2D eigenvalue weighted by molar-refractivity contribution is 0.135. The number of fused-ring (bicyclic) bond motifs is 1. The van der Waals surface area contributed by atoms with E-state index in [1.165, 1.54) is 38.9 Å². The smallest absolute Gasteiger partial charge is 0.0120 e. The molecule has 2 fully saturated rings. The average molecular weight is 227 g/mol. The van der Waals surface area contributed by atoms with Crippen LogP contribution in [-0.4, -0.2) is 37.6 Å². The molecule has 4 heteroatoms. The molecule has 0 bridgehead atoms. The molecular weight excluding hydrogens is 207 g/mol. The highest BCUT2D eigenvalue weighted by atomic mass is 35.5. The van der Waals surface area contributed by atoms with Crippen LogP contribution in [0, 0.1) is 5.92 Å². The molecule has 80 valence electrons. The van der Waals surface area contributed by atoms with Crippen LogP contribution >= 0.6 is 24.8 Å². The van der Waals surface area contributed by atoms with Gasteiger partial charge >= 0.3 is 0 Å². The number of nitrogens with one attached hydrogen (secondary N) is 1. The van der Waals surface area contributed by atoms with E-state index in [0.29, 0.717) is 0 Å². The van der Waals surface area contributed by atoms with Gasteiger partial charge in [-0.2, -0.15) is 0 Å². The molecule has 0 aromatic heterocycles. The van der Waals surface area contributed by atoms with Crippen LogP contribution in [0.15, 0.2) is 0 Å². The molecule has 0 radical (unpaired) electrons. The third-order valence-corrected chi connectivity index (χ3v) is 3.10. The standard InChI is InChI=1S/C9H18N2.2ClH/c1-11-6-4-9-8(7-11)3-2-5-10-9;;/h8-10H,2-7H2,1H3;2*1H/t8-,9-;;/m0../s1. The van der Waals surface area contributed by atoms with Gasteiger partial charge in [-0.3, -0.25) is 0 Å². The lowest BCUT2D eigenvalue weighted by Crippen LogP contribution is -2.50. The molecule has 0 aromatic rings. The maximum absolute atomic E-state index is 3.61. The monoisotopic (exact) mass is 226 g/mol. The second-order valence-corrected chi connectivity index (χ2v) is 4.01. The van der Waals surface area contributed by atoms with Crippen LogP contribution in [0.5, 0.6) is 0 Å². The summed E-state index contributed by atoms with van der Waals surface area (Å²) in [6.45, 7) is 3.86. The van der Waals surface area contributed by atoms with Gasteiger partial charge in [-0.05, 0) is 45.3 Å². The summed E-state index contributed by atoms with van der Waals surface area (Å²) >= 11 is 0. The number of hydrogen-bond acceptors (Lipinski definition) is 2. The highest BCUT2D eigenvalue weighted by Crippen LogP contribution is 2.23. The molecule has 0 aromatic carbocycles. The molecule has 0 saturated carbocycles. The van der Waals surface area contributed by atoms with E-state index < -0.39 is 0 Å². The molecule has 2 saturated heterocycles. The Balaban J connectivity index is 0.000000720. The zero-order valence-corrected chi connectivity index (χ0v) is 9.79. The fourth-order valence-electron chi connectivity index (χ4n) is 2.43. The predicted octanol–water partition coefficient (Wildman–Crippen LogP) is 1.53. The quantitative estimate of drug-likeness (QED) is 0.675. The van der Waals surface area contributed by atoms with Gasteiger partial charge in [0.1, 0.15) is 0 Å². The zero-order chi connectivity index (χ0) is 7.68. The van der Waals surface area contributed by atoms with Gasteiger partial charge in [0.05, 0.1) is 0 Å². The van der Waals surface area contributed by atoms with Crippen LogP contribution in [0.3, 0.4) is 0 Å². The zero-order valence-electron chi connectivity index (χ0n) is 8.16. The van der Waals surface area contributed by atoms with Crippen molar-refractivity contribution >= 4 is 24.8 Å². The van der Waals surface area contributed by atoms with Crippen molar-refractivity contribution in [3.8, 4) is 0 Å².